The molecule has 1 fully saturated rings. The number of hydrogen-bond acceptors (Lipinski definition) is 6. The lowest BCUT2D eigenvalue weighted by molar-refractivity contribution is -0.148. The molecule has 2 aromatic rings. The van der Waals surface area contributed by atoms with Gasteiger partial charge in [0.2, 0.25) is 5.91 Å². The van der Waals surface area contributed by atoms with Crippen molar-refractivity contribution in [2.75, 3.05) is 20.2 Å². The normalized spacial score (nSPS) is 16.2. The van der Waals surface area contributed by atoms with Gasteiger partial charge in [-0.15, -0.1) is 11.3 Å². The minimum Gasteiger partial charge on any atom is -0.469 e. The summed E-state index contributed by atoms with van der Waals surface area (Å²) in [6.45, 7) is 3.02. The highest BCUT2D eigenvalue weighted by atomic mass is 32.2. The molecular weight excluding hydrogens is 387 g/mol. The second-order valence-corrected chi connectivity index (χ2v) is 8.83. The van der Waals surface area contributed by atoms with Crippen molar-refractivity contribution in [3.05, 3.63) is 35.5 Å². The molecule has 0 bridgehead atoms. The van der Waals surface area contributed by atoms with Crippen LogP contribution in [0, 0.1) is 11.7 Å². The zero-order valence-electron chi connectivity index (χ0n) is 15.2. The van der Waals surface area contributed by atoms with E-state index in [-0.39, 0.29) is 28.9 Å². The van der Waals surface area contributed by atoms with Crippen molar-refractivity contribution in [3.63, 3.8) is 0 Å². The number of likely N-dealkylation sites (tertiary alicyclic amines) is 1. The van der Waals surface area contributed by atoms with Crippen molar-refractivity contribution in [2.24, 2.45) is 5.92 Å². The molecule has 0 N–H and O–H groups in total. The minimum atomic E-state index is -0.279. The SMILES string of the molecule is COC(=O)C1CCN(C(=O)C(C)Sc2nc(-c3ccc(F)cc3)cs2)CC1. The summed E-state index contributed by atoms with van der Waals surface area (Å²) in [5, 5.41) is 1.65. The van der Waals surface area contributed by atoms with Crippen LogP contribution in [0.2, 0.25) is 0 Å². The standard InChI is InChI=1S/C19H21FN2O3S2/c1-12(17(23)22-9-7-14(8-10-22)18(24)25-2)27-19-21-16(11-26-19)13-3-5-15(20)6-4-13/h3-6,11-12,14H,7-10H2,1-2H3. The number of halogens is 1. The van der Waals surface area contributed by atoms with Gasteiger partial charge in [0.15, 0.2) is 4.34 Å². The van der Waals surface area contributed by atoms with Crippen LogP contribution >= 0.6 is 23.1 Å². The number of benzene rings is 1. The van der Waals surface area contributed by atoms with Gasteiger partial charge in [-0.25, -0.2) is 9.37 Å². The highest BCUT2D eigenvalue weighted by Crippen LogP contribution is 2.32. The molecule has 1 aliphatic heterocycles. The Bertz CT molecular complexity index is 802. The minimum absolute atomic E-state index is 0.0573. The largest absolute Gasteiger partial charge is 0.469 e. The van der Waals surface area contributed by atoms with Gasteiger partial charge in [-0.1, -0.05) is 11.8 Å². The van der Waals surface area contributed by atoms with Gasteiger partial charge in [-0.2, -0.15) is 0 Å². The van der Waals surface area contributed by atoms with E-state index in [1.807, 2.05) is 17.2 Å². The first-order chi connectivity index (χ1) is 13.0. The molecule has 0 saturated carbocycles. The predicted molar refractivity (Wildman–Crippen MR) is 104 cm³/mol. The molecule has 1 amide bonds. The van der Waals surface area contributed by atoms with Crippen LogP contribution in [-0.2, 0) is 14.3 Å². The van der Waals surface area contributed by atoms with Crippen LogP contribution in [0.5, 0.6) is 0 Å². The molecule has 0 aliphatic carbocycles. The Labute approximate surface area is 165 Å². The van der Waals surface area contributed by atoms with E-state index in [1.54, 1.807) is 12.1 Å². The summed E-state index contributed by atoms with van der Waals surface area (Å²) in [5.41, 5.74) is 1.63. The average Bonchev–Trinajstić information content (AvgIpc) is 3.15. The molecule has 144 valence electrons. The molecule has 8 heteroatoms. The number of nitrogens with zero attached hydrogens (tertiary/aromatic N) is 2. The lowest BCUT2D eigenvalue weighted by atomic mass is 9.97. The molecular formula is C19H21FN2O3S2. The number of esters is 1. The monoisotopic (exact) mass is 408 g/mol. The zero-order chi connectivity index (χ0) is 19.4. The highest BCUT2D eigenvalue weighted by molar-refractivity contribution is 8.02. The number of thiazole rings is 1. The lowest BCUT2D eigenvalue weighted by Gasteiger charge is -2.32. The van der Waals surface area contributed by atoms with Crippen LogP contribution < -0.4 is 0 Å². The van der Waals surface area contributed by atoms with Crippen LogP contribution in [-0.4, -0.2) is 47.2 Å². The topological polar surface area (TPSA) is 59.5 Å². The van der Waals surface area contributed by atoms with Gasteiger partial charge in [-0.05, 0) is 44.0 Å². The Kier molecular flexibility index (Phi) is 6.49. The fourth-order valence-corrected chi connectivity index (χ4v) is 5.08. The summed E-state index contributed by atoms with van der Waals surface area (Å²) < 4.78 is 18.6. The Balaban J connectivity index is 1.56. The number of piperidine rings is 1. The molecule has 2 heterocycles. The highest BCUT2D eigenvalue weighted by Gasteiger charge is 2.30. The summed E-state index contributed by atoms with van der Waals surface area (Å²) in [4.78, 5) is 30.6. The Morgan fingerprint density at radius 1 is 1.30 bits per heavy atom. The van der Waals surface area contributed by atoms with Crippen molar-refractivity contribution >= 4 is 35.0 Å². The number of thioether (sulfide) groups is 1. The summed E-state index contributed by atoms with van der Waals surface area (Å²) in [7, 11) is 1.40. The molecule has 0 radical (unpaired) electrons. The quantitative estimate of drug-likeness (QED) is 0.556. The molecule has 1 aromatic carbocycles. The van der Waals surface area contributed by atoms with Crippen molar-refractivity contribution in [2.45, 2.75) is 29.4 Å². The Hall–Kier alpha value is -1.93. The van der Waals surface area contributed by atoms with Crippen molar-refractivity contribution in [1.82, 2.24) is 9.88 Å². The molecule has 3 rings (SSSR count). The van der Waals surface area contributed by atoms with Gasteiger partial charge < -0.3 is 9.64 Å². The van der Waals surface area contributed by atoms with Gasteiger partial charge in [0.1, 0.15) is 5.82 Å². The van der Waals surface area contributed by atoms with Crippen LogP contribution in [0.15, 0.2) is 34.0 Å². The summed E-state index contributed by atoms with van der Waals surface area (Å²) in [6, 6.07) is 6.20. The van der Waals surface area contributed by atoms with Crippen LogP contribution in [0.1, 0.15) is 19.8 Å². The molecule has 1 atom stereocenters. The maximum absolute atomic E-state index is 13.0. The third kappa shape index (κ3) is 4.87. The summed E-state index contributed by atoms with van der Waals surface area (Å²) in [5.74, 6) is -0.527. The van der Waals surface area contributed by atoms with E-state index >= 15 is 0 Å². The Morgan fingerprint density at radius 3 is 2.59 bits per heavy atom. The second kappa shape index (κ2) is 8.84. The van der Waals surface area contributed by atoms with E-state index in [2.05, 4.69) is 4.98 Å². The number of hydrogen-bond donors (Lipinski definition) is 0. The van der Waals surface area contributed by atoms with E-state index in [0.29, 0.717) is 25.9 Å². The maximum Gasteiger partial charge on any atom is 0.308 e. The van der Waals surface area contributed by atoms with Crippen molar-refractivity contribution in [1.29, 1.82) is 0 Å². The fraction of sp³-hybridized carbons (Fsp3) is 0.421. The van der Waals surface area contributed by atoms with Crippen molar-refractivity contribution in [3.8, 4) is 11.3 Å². The van der Waals surface area contributed by atoms with E-state index in [1.165, 1.54) is 42.3 Å². The molecule has 1 unspecified atom stereocenters. The summed E-state index contributed by atoms with van der Waals surface area (Å²) >= 11 is 2.90. The number of carbonyl (C=O) groups excluding carboxylic acids is 2. The van der Waals surface area contributed by atoms with Gasteiger partial charge in [0.05, 0.1) is 24.0 Å². The molecule has 0 spiro atoms. The van der Waals surface area contributed by atoms with E-state index in [0.717, 1.165) is 15.6 Å². The van der Waals surface area contributed by atoms with Crippen LogP contribution in [0.25, 0.3) is 11.3 Å². The van der Waals surface area contributed by atoms with Gasteiger partial charge in [-0.3, -0.25) is 9.59 Å². The van der Waals surface area contributed by atoms with E-state index in [9.17, 15) is 14.0 Å². The van der Waals surface area contributed by atoms with Gasteiger partial charge >= 0.3 is 5.97 Å². The van der Waals surface area contributed by atoms with E-state index in [4.69, 9.17) is 4.74 Å². The first-order valence-electron chi connectivity index (χ1n) is 8.72. The molecule has 1 aliphatic rings. The predicted octanol–water partition coefficient (Wildman–Crippen LogP) is 3.84. The molecule has 27 heavy (non-hydrogen) atoms. The van der Waals surface area contributed by atoms with Gasteiger partial charge in [0, 0.05) is 24.0 Å². The smallest absolute Gasteiger partial charge is 0.308 e. The second-order valence-electron chi connectivity index (χ2n) is 6.39. The number of rotatable bonds is 5. The average molecular weight is 409 g/mol. The fourth-order valence-electron chi connectivity index (χ4n) is 3.03. The number of aromatic nitrogens is 1. The number of amides is 1. The van der Waals surface area contributed by atoms with Gasteiger partial charge in [0.25, 0.3) is 0 Å². The first-order valence-corrected chi connectivity index (χ1v) is 10.5. The third-order valence-electron chi connectivity index (χ3n) is 4.59. The number of methoxy groups -OCH3 is 1. The maximum atomic E-state index is 13.0. The molecule has 5 nitrogen and oxygen atoms in total. The van der Waals surface area contributed by atoms with Crippen LogP contribution in [0.3, 0.4) is 0 Å². The molecule has 1 aromatic heterocycles. The first kappa shape index (κ1) is 19.8. The third-order valence-corrected chi connectivity index (χ3v) is 6.65. The van der Waals surface area contributed by atoms with E-state index < -0.39 is 0 Å². The number of ether oxygens (including phenoxy) is 1. The van der Waals surface area contributed by atoms with Crippen LogP contribution in [0.4, 0.5) is 4.39 Å². The van der Waals surface area contributed by atoms with Crippen molar-refractivity contribution < 1.29 is 18.7 Å². The summed E-state index contributed by atoms with van der Waals surface area (Å²) in [6.07, 6.45) is 1.28. The zero-order valence-corrected chi connectivity index (χ0v) is 16.8. The molecule has 1 saturated heterocycles. The number of carbonyl (C=O) groups is 2. The Morgan fingerprint density at radius 2 is 1.96 bits per heavy atom. The lowest BCUT2D eigenvalue weighted by Crippen LogP contribution is -2.43.